The van der Waals surface area contributed by atoms with E-state index in [2.05, 4.69) is 23.4 Å². The summed E-state index contributed by atoms with van der Waals surface area (Å²) in [6, 6.07) is 8.39. The summed E-state index contributed by atoms with van der Waals surface area (Å²) in [6.07, 6.45) is 4.10. The summed E-state index contributed by atoms with van der Waals surface area (Å²) < 4.78 is 0. The average molecular weight is 206 g/mol. The SMILES string of the molecule is CSCC(N)c1c[nH]c2ccccc12. The van der Waals surface area contributed by atoms with Gasteiger partial charge in [0.1, 0.15) is 0 Å². The minimum atomic E-state index is 0.126. The number of aromatic nitrogens is 1. The number of aromatic amines is 1. The normalized spacial score (nSPS) is 13.3. The predicted molar refractivity (Wildman–Crippen MR) is 63.6 cm³/mol. The van der Waals surface area contributed by atoms with Gasteiger partial charge in [-0.2, -0.15) is 11.8 Å². The molecule has 2 nitrogen and oxygen atoms in total. The van der Waals surface area contributed by atoms with Gasteiger partial charge in [-0.15, -0.1) is 0 Å². The number of thioether (sulfide) groups is 1. The Bertz CT molecular complexity index is 422. The summed E-state index contributed by atoms with van der Waals surface area (Å²) >= 11 is 1.78. The van der Waals surface area contributed by atoms with E-state index in [1.807, 2.05) is 18.3 Å². The number of rotatable bonds is 3. The molecule has 0 amide bonds. The van der Waals surface area contributed by atoms with E-state index in [9.17, 15) is 0 Å². The fourth-order valence-corrected chi connectivity index (χ4v) is 2.21. The molecule has 1 unspecified atom stereocenters. The predicted octanol–water partition coefficient (Wildman–Crippen LogP) is 2.53. The third kappa shape index (κ3) is 1.65. The summed E-state index contributed by atoms with van der Waals surface area (Å²) in [4.78, 5) is 3.24. The number of para-hydroxylation sites is 1. The van der Waals surface area contributed by atoms with Crippen LogP contribution in [0.15, 0.2) is 30.5 Å². The first kappa shape index (κ1) is 9.62. The second kappa shape index (κ2) is 4.07. The molecular weight excluding hydrogens is 192 g/mol. The Labute approximate surface area is 87.9 Å². The number of benzene rings is 1. The molecule has 1 heterocycles. The number of fused-ring (bicyclic) bond motifs is 1. The molecule has 0 aliphatic carbocycles. The second-order valence-electron chi connectivity index (χ2n) is 3.35. The molecule has 2 rings (SSSR count). The Morgan fingerprint density at radius 3 is 3.00 bits per heavy atom. The zero-order valence-electron chi connectivity index (χ0n) is 8.16. The van der Waals surface area contributed by atoms with Crippen LogP contribution in [0, 0.1) is 0 Å². The van der Waals surface area contributed by atoms with Gasteiger partial charge in [-0.3, -0.25) is 0 Å². The van der Waals surface area contributed by atoms with Crippen molar-refractivity contribution >= 4 is 22.7 Å². The zero-order valence-corrected chi connectivity index (χ0v) is 8.97. The van der Waals surface area contributed by atoms with Gasteiger partial charge in [0.25, 0.3) is 0 Å². The van der Waals surface area contributed by atoms with Gasteiger partial charge in [0.05, 0.1) is 0 Å². The van der Waals surface area contributed by atoms with E-state index in [0.717, 1.165) is 5.75 Å². The van der Waals surface area contributed by atoms with Gasteiger partial charge in [-0.05, 0) is 17.9 Å². The second-order valence-corrected chi connectivity index (χ2v) is 4.26. The van der Waals surface area contributed by atoms with Crippen LogP contribution >= 0.6 is 11.8 Å². The molecule has 14 heavy (non-hydrogen) atoms. The van der Waals surface area contributed by atoms with E-state index >= 15 is 0 Å². The summed E-state index contributed by atoms with van der Waals surface area (Å²) in [7, 11) is 0. The fraction of sp³-hybridized carbons (Fsp3) is 0.273. The maximum absolute atomic E-state index is 6.08. The summed E-state index contributed by atoms with van der Waals surface area (Å²) in [6.45, 7) is 0. The van der Waals surface area contributed by atoms with Crippen LogP contribution in [0.1, 0.15) is 11.6 Å². The first-order valence-electron chi connectivity index (χ1n) is 4.63. The van der Waals surface area contributed by atoms with Gasteiger partial charge in [-0.25, -0.2) is 0 Å². The van der Waals surface area contributed by atoms with Crippen LogP contribution in [-0.4, -0.2) is 17.0 Å². The first-order valence-corrected chi connectivity index (χ1v) is 6.03. The molecule has 1 atom stereocenters. The molecule has 0 aliphatic heterocycles. The molecule has 2 aromatic rings. The quantitative estimate of drug-likeness (QED) is 0.810. The summed E-state index contributed by atoms with van der Waals surface area (Å²) in [5.41, 5.74) is 8.46. The van der Waals surface area contributed by atoms with Crippen molar-refractivity contribution in [3.63, 3.8) is 0 Å². The Hall–Kier alpha value is -0.930. The van der Waals surface area contributed by atoms with Crippen molar-refractivity contribution in [1.82, 2.24) is 4.98 Å². The molecular formula is C11H14N2S. The monoisotopic (exact) mass is 206 g/mol. The molecule has 0 spiro atoms. The van der Waals surface area contributed by atoms with Crippen molar-refractivity contribution in [2.24, 2.45) is 5.73 Å². The Morgan fingerprint density at radius 1 is 1.43 bits per heavy atom. The molecule has 74 valence electrons. The molecule has 1 aromatic carbocycles. The third-order valence-electron chi connectivity index (χ3n) is 2.37. The minimum absolute atomic E-state index is 0.126. The molecule has 3 heteroatoms. The molecule has 3 N–H and O–H groups in total. The summed E-state index contributed by atoms with van der Waals surface area (Å²) in [5.74, 6) is 0.960. The highest BCUT2D eigenvalue weighted by molar-refractivity contribution is 7.98. The topological polar surface area (TPSA) is 41.8 Å². The molecule has 0 bridgehead atoms. The van der Waals surface area contributed by atoms with E-state index in [1.165, 1.54) is 16.5 Å². The Balaban J connectivity index is 2.42. The largest absolute Gasteiger partial charge is 0.361 e. The van der Waals surface area contributed by atoms with Crippen LogP contribution in [0.2, 0.25) is 0 Å². The highest BCUT2D eigenvalue weighted by Gasteiger charge is 2.09. The standard InChI is InChI=1S/C11H14N2S/c1-14-7-10(12)9-6-13-11-5-3-2-4-8(9)11/h2-6,10,13H,7,12H2,1H3. The van der Waals surface area contributed by atoms with Crippen LogP contribution in [-0.2, 0) is 0 Å². The van der Waals surface area contributed by atoms with Crippen LogP contribution in [0.5, 0.6) is 0 Å². The maximum Gasteiger partial charge on any atom is 0.0457 e. The fourth-order valence-electron chi connectivity index (χ4n) is 1.67. The lowest BCUT2D eigenvalue weighted by molar-refractivity contribution is 0.840. The molecule has 0 aliphatic rings. The minimum Gasteiger partial charge on any atom is -0.361 e. The molecule has 0 radical (unpaired) electrons. The number of H-pyrrole nitrogens is 1. The van der Waals surface area contributed by atoms with E-state index in [1.54, 1.807) is 11.8 Å². The van der Waals surface area contributed by atoms with E-state index in [-0.39, 0.29) is 6.04 Å². The highest BCUT2D eigenvalue weighted by Crippen LogP contribution is 2.24. The van der Waals surface area contributed by atoms with Crippen molar-refractivity contribution in [3.05, 3.63) is 36.0 Å². The average Bonchev–Trinajstić information content (AvgIpc) is 2.61. The van der Waals surface area contributed by atoms with Gasteiger partial charge in [0, 0.05) is 28.9 Å². The van der Waals surface area contributed by atoms with Crippen molar-refractivity contribution in [2.45, 2.75) is 6.04 Å². The lowest BCUT2D eigenvalue weighted by Crippen LogP contribution is -2.12. The highest BCUT2D eigenvalue weighted by atomic mass is 32.2. The van der Waals surface area contributed by atoms with Crippen LogP contribution in [0.25, 0.3) is 10.9 Å². The lowest BCUT2D eigenvalue weighted by atomic mass is 10.1. The molecule has 0 saturated heterocycles. The van der Waals surface area contributed by atoms with E-state index in [0.29, 0.717) is 0 Å². The van der Waals surface area contributed by atoms with Crippen molar-refractivity contribution in [1.29, 1.82) is 0 Å². The zero-order chi connectivity index (χ0) is 9.97. The summed E-state index contributed by atoms with van der Waals surface area (Å²) in [5, 5.41) is 1.24. The van der Waals surface area contributed by atoms with Crippen molar-refractivity contribution in [2.75, 3.05) is 12.0 Å². The van der Waals surface area contributed by atoms with Crippen molar-refractivity contribution in [3.8, 4) is 0 Å². The molecule has 0 saturated carbocycles. The van der Waals surface area contributed by atoms with Crippen LogP contribution in [0.3, 0.4) is 0 Å². The molecule has 1 aromatic heterocycles. The van der Waals surface area contributed by atoms with Crippen LogP contribution in [0.4, 0.5) is 0 Å². The number of nitrogens with one attached hydrogen (secondary N) is 1. The van der Waals surface area contributed by atoms with E-state index < -0.39 is 0 Å². The van der Waals surface area contributed by atoms with E-state index in [4.69, 9.17) is 5.73 Å². The van der Waals surface area contributed by atoms with Gasteiger partial charge in [-0.1, -0.05) is 18.2 Å². The van der Waals surface area contributed by atoms with Gasteiger partial charge < -0.3 is 10.7 Å². The number of nitrogens with two attached hydrogens (primary N) is 1. The maximum atomic E-state index is 6.08. The number of hydrogen-bond donors (Lipinski definition) is 2. The van der Waals surface area contributed by atoms with Crippen molar-refractivity contribution < 1.29 is 0 Å². The third-order valence-corrected chi connectivity index (χ3v) is 3.06. The van der Waals surface area contributed by atoms with Gasteiger partial charge >= 0.3 is 0 Å². The first-order chi connectivity index (χ1) is 6.83. The number of hydrogen-bond acceptors (Lipinski definition) is 2. The lowest BCUT2D eigenvalue weighted by Gasteiger charge is -2.08. The van der Waals surface area contributed by atoms with Gasteiger partial charge in [0.2, 0.25) is 0 Å². The van der Waals surface area contributed by atoms with Gasteiger partial charge in [0.15, 0.2) is 0 Å². The Kier molecular flexibility index (Phi) is 2.79. The smallest absolute Gasteiger partial charge is 0.0457 e. The Morgan fingerprint density at radius 2 is 2.21 bits per heavy atom. The molecule has 0 fully saturated rings. The van der Waals surface area contributed by atoms with Crippen LogP contribution < -0.4 is 5.73 Å².